The largest absolute Gasteiger partial charge is 0.518 e. The zero-order valence-electron chi connectivity index (χ0n) is 35.7. The summed E-state index contributed by atoms with van der Waals surface area (Å²) in [5, 5.41) is 0. The molecule has 0 bridgehead atoms. The van der Waals surface area contributed by atoms with Crippen molar-refractivity contribution in [1.29, 1.82) is 0 Å². The molecule has 9 aromatic carbocycles. The quantitative estimate of drug-likeness (QED) is 0.102. The van der Waals surface area contributed by atoms with Crippen molar-refractivity contribution in [3.05, 3.63) is 253 Å². The Kier molecular flexibility index (Phi) is 12.5. The molecule has 0 aliphatic rings. The molecular formula is C60H50O2Si. The van der Waals surface area contributed by atoms with Crippen molar-refractivity contribution in [2.24, 2.45) is 0 Å². The lowest BCUT2D eigenvalue weighted by molar-refractivity contribution is -0.135. The molecule has 9 aromatic rings. The highest BCUT2D eigenvalue weighted by molar-refractivity contribution is 6.74. The number of hydrogen-bond donors (Lipinski definition) is 0. The Morgan fingerprint density at radius 3 is 0.714 bits per heavy atom. The first-order chi connectivity index (χ1) is 31.1. The average Bonchev–Trinajstić information content (AvgIpc) is 3.35. The standard InChI is InChI=1S/C60H50O2Si/c1-2-60(61)62-63(42-57-51(45-24-9-3-10-25-45)36-21-37-52(57)46-26-11-4-12-27-46,43-58-53(47-28-13-5-14-29-47)38-22-39-54(58)48-30-15-6-16-31-48)44-59-55(49-32-17-7-18-33-49)40-23-41-56(59)50-34-19-8-20-35-50/h3-41H,2,42-44H2,1H3. The molecule has 0 aliphatic carbocycles. The van der Waals surface area contributed by atoms with Gasteiger partial charge in [0.25, 0.3) is 14.3 Å². The predicted octanol–water partition coefficient (Wildman–Crippen LogP) is 15.2. The Hall–Kier alpha value is -7.33. The zero-order valence-corrected chi connectivity index (χ0v) is 36.7. The lowest BCUT2D eigenvalue weighted by Crippen LogP contribution is -2.49. The maximum Gasteiger partial charge on any atom is 0.292 e. The average molecular weight is 831 g/mol. The summed E-state index contributed by atoms with van der Waals surface area (Å²) in [5.74, 6) is -0.169. The minimum Gasteiger partial charge on any atom is -0.518 e. The van der Waals surface area contributed by atoms with E-state index in [9.17, 15) is 4.79 Å². The van der Waals surface area contributed by atoms with E-state index in [4.69, 9.17) is 4.43 Å². The molecule has 0 amide bonds. The van der Waals surface area contributed by atoms with Gasteiger partial charge in [0, 0.05) is 24.6 Å². The first-order valence-corrected chi connectivity index (χ1v) is 24.5. The molecule has 0 aliphatic heterocycles. The summed E-state index contributed by atoms with van der Waals surface area (Å²) in [6.45, 7) is 1.93. The number of hydrogen-bond acceptors (Lipinski definition) is 2. The lowest BCUT2D eigenvalue weighted by atomic mass is 9.92. The Morgan fingerprint density at radius 1 is 0.317 bits per heavy atom. The summed E-state index contributed by atoms with van der Waals surface area (Å²) in [4.78, 5) is 14.5. The number of rotatable bonds is 14. The molecule has 306 valence electrons. The summed E-state index contributed by atoms with van der Waals surface area (Å²) in [6.07, 6.45) is 0.276. The Bertz CT molecular complexity index is 2430. The highest BCUT2D eigenvalue weighted by Crippen LogP contribution is 2.43. The second-order valence-electron chi connectivity index (χ2n) is 16.2. The summed E-state index contributed by atoms with van der Waals surface area (Å²) in [6, 6.07) is 85.9. The Labute approximate surface area is 373 Å². The third kappa shape index (κ3) is 9.16. The van der Waals surface area contributed by atoms with Crippen LogP contribution in [0.25, 0.3) is 66.8 Å². The summed E-state index contributed by atoms with van der Waals surface area (Å²) < 4.78 is 7.44. The highest BCUT2D eigenvalue weighted by atomic mass is 28.4. The van der Waals surface area contributed by atoms with Crippen LogP contribution in [0.3, 0.4) is 0 Å². The smallest absolute Gasteiger partial charge is 0.292 e. The van der Waals surface area contributed by atoms with Gasteiger partial charge in [0.05, 0.1) is 0 Å². The summed E-state index contributed by atoms with van der Waals surface area (Å²) >= 11 is 0. The second-order valence-corrected chi connectivity index (χ2v) is 19.9. The number of carbonyl (C=O) groups excluding carboxylic acids is 1. The molecule has 3 heteroatoms. The third-order valence-electron chi connectivity index (χ3n) is 12.2. The fourth-order valence-electron chi connectivity index (χ4n) is 9.24. The zero-order chi connectivity index (χ0) is 42.9. The Morgan fingerprint density at radius 2 is 0.524 bits per heavy atom. The highest BCUT2D eigenvalue weighted by Gasteiger charge is 2.43. The lowest BCUT2D eigenvalue weighted by Gasteiger charge is -2.35. The molecule has 9 rings (SSSR count). The van der Waals surface area contributed by atoms with E-state index < -0.39 is 8.32 Å². The molecule has 0 saturated heterocycles. The van der Waals surface area contributed by atoms with E-state index in [0.29, 0.717) is 18.1 Å². The molecule has 63 heavy (non-hydrogen) atoms. The predicted molar refractivity (Wildman–Crippen MR) is 265 cm³/mol. The first-order valence-electron chi connectivity index (χ1n) is 22.0. The fourth-order valence-corrected chi connectivity index (χ4v) is 13.5. The third-order valence-corrected chi connectivity index (χ3v) is 15.8. The minimum atomic E-state index is -3.44. The maximum atomic E-state index is 14.5. The van der Waals surface area contributed by atoms with Crippen molar-refractivity contribution in [2.45, 2.75) is 31.5 Å². The van der Waals surface area contributed by atoms with E-state index >= 15 is 0 Å². The molecule has 0 saturated carbocycles. The number of carbonyl (C=O) groups is 1. The fraction of sp³-hybridized carbons (Fsp3) is 0.0833. The van der Waals surface area contributed by atoms with E-state index in [2.05, 4.69) is 237 Å². The van der Waals surface area contributed by atoms with E-state index in [1.165, 1.54) is 16.7 Å². The maximum absolute atomic E-state index is 14.5. The van der Waals surface area contributed by atoms with Crippen LogP contribution in [0.5, 0.6) is 0 Å². The first kappa shape index (κ1) is 41.0. The van der Waals surface area contributed by atoms with Gasteiger partial charge in [-0.05, 0) is 83.5 Å². The van der Waals surface area contributed by atoms with E-state index in [0.717, 1.165) is 66.8 Å². The number of benzene rings is 9. The van der Waals surface area contributed by atoms with Gasteiger partial charge in [-0.1, -0.05) is 244 Å². The van der Waals surface area contributed by atoms with Crippen LogP contribution in [0.4, 0.5) is 0 Å². The molecular weight excluding hydrogens is 781 g/mol. The molecule has 0 spiro atoms. The molecule has 0 unspecified atom stereocenters. The van der Waals surface area contributed by atoms with Crippen LogP contribution >= 0.6 is 0 Å². The summed E-state index contributed by atoms with van der Waals surface area (Å²) in [7, 11) is -3.44. The summed E-state index contributed by atoms with van der Waals surface area (Å²) in [5.41, 5.74) is 17.3. The van der Waals surface area contributed by atoms with Crippen molar-refractivity contribution in [3.8, 4) is 66.8 Å². The van der Waals surface area contributed by atoms with Gasteiger partial charge in [0.1, 0.15) is 0 Å². The molecule has 0 N–H and O–H groups in total. The van der Waals surface area contributed by atoms with Crippen molar-refractivity contribution in [1.82, 2.24) is 0 Å². The molecule has 0 aromatic heterocycles. The normalized spacial score (nSPS) is 11.3. The van der Waals surface area contributed by atoms with Crippen LogP contribution in [-0.2, 0) is 27.4 Å². The van der Waals surface area contributed by atoms with Crippen molar-refractivity contribution >= 4 is 14.3 Å². The van der Waals surface area contributed by atoms with Gasteiger partial charge in [-0.15, -0.1) is 0 Å². The monoisotopic (exact) mass is 830 g/mol. The van der Waals surface area contributed by atoms with E-state index in [-0.39, 0.29) is 12.4 Å². The molecule has 2 nitrogen and oxygen atoms in total. The van der Waals surface area contributed by atoms with E-state index in [1.807, 2.05) is 6.92 Å². The molecule has 0 radical (unpaired) electrons. The minimum absolute atomic E-state index is 0.169. The molecule has 0 atom stereocenters. The van der Waals surface area contributed by atoms with Crippen LogP contribution in [0.1, 0.15) is 30.0 Å². The van der Waals surface area contributed by atoms with Gasteiger partial charge in [-0.3, -0.25) is 4.79 Å². The van der Waals surface area contributed by atoms with Gasteiger partial charge in [0.15, 0.2) is 0 Å². The molecule has 0 fully saturated rings. The SMILES string of the molecule is CCC(=O)O[Si](Cc1c(-c2ccccc2)cccc1-c1ccccc1)(Cc1c(-c2ccccc2)cccc1-c1ccccc1)Cc1c(-c2ccccc2)cccc1-c1ccccc1. The molecule has 0 heterocycles. The van der Waals surface area contributed by atoms with Crippen molar-refractivity contribution < 1.29 is 9.22 Å². The van der Waals surface area contributed by atoms with E-state index in [1.54, 1.807) is 0 Å². The van der Waals surface area contributed by atoms with Gasteiger partial charge in [0.2, 0.25) is 0 Å². The van der Waals surface area contributed by atoms with Crippen LogP contribution < -0.4 is 0 Å². The van der Waals surface area contributed by atoms with Crippen LogP contribution in [0, 0.1) is 0 Å². The van der Waals surface area contributed by atoms with Gasteiger partial charge in [-0.2, -0.15) is 0 Å². The van der Waals surface area contributed by atoms with Crippen LogP contribution in [0.15, 0.2) is 237 Å². The van der Waals surface area contributed by atoms with Gasteiger partial charge >= 0.3 is 0 Å². The topological polar surface area (TPSA) is 26.3 Å². The Balaban J connectivity index is 1.37. The van der Waals surface area contributed by atoms with Crippen molar-refractivity contribution in [2.75, 3.05) is 0 Å². The van der Waals surface area contributed by atoms with Crippen LogP contribution in [0.2, 0.25) is 0 Å². The van der Waals surface area contributed by atoms with Crippen molar-refractivity contribution in [3.63, 3.8) is 0 Å². The van der Waals surface area contributed by atoms with Gasteiger partial charge in [-0.25, -0.2) is 0 Å². The van der Waals surface area contributed by atoms with Gasteiger partial charge < -0.3 is 4.43 Å². The van der Waals surface area contributed by atoms with Crippen LogP contribution in [-0.4, -0.2) is 14.3 Å². The second kappa shape index (κ2) is 19.2.